The highest BCUT2D eigenvalue weighted by Gasteiger charge is 2.56. The molecule has 3 aliphatic carbocycles. The molecule has 0 bridgehead atoms. The molecule has 3 nitrogen and oxygen atoms in total. The lowest BCUT2D eigenvalue weighted by Gasteiger charge is -2.50. The van der Waals surface area contributed by atoms with Gasteiger partial charge in [0.2, 0.25) is 0 Å². The molecule has 1 aromatic rings. The van der Waals surface area contributed by atoms with Crippen LogP contribution >= 0.6 is 15.9 Å². The van der Waals surface area contributed by atoms with Crippen LogP contribution < -0.4 is 0 Å². The molecule has 0 aromatic heterocycles. The summed E-state index contributed by atoms with van der Waals surface area (Å²) in [5.74, 6) is 2.20. The molecule has 2 saturated carbocycles. The average molecular weight is 393 g/mol. The summed E-state index contributed by atoms with van der Waals surface area (Å²) >= 11 is 3.21. The third-order valence-corrected chi connectivity index (χ3v) is 7.46. The first-order valence-electron chi connectivity index (χ1n) is 9.10. The molecular formula is C20H25BrO3. The molecule has 0 radical (unpaired) electrons. The number of carbonyl (C=O) groups is 1. The second-order valence-corrected chi connectivity index (χ2v) is 8.59. The number of esters is 1. The monoisotopic (exact) mass is 392 g/mol. The Bertz CT molecular complexity index is 658. The van der Waals surface area contributed by atoms with Gasteiger partial charge in [0.25, 0.3) is 0 Å². The number of aryl methyl sites for hydroxylation is 1. The van der Waals surface area contributed by atoms with Crippen LogP contribution in [-0.2, 0) is 16.0 Å². The Morgan fingerprint density at radius 3 is 2.96 bits per heavy atom. The lowest BCUT2D eigenvalue weighted by molar-refractivity contribution is -0.154. The van der Waals surface area contributed by atoms with Gasteiger partial charge in [0.05, 0.1) is 0 Å². The smallest absolute Gasteiger partial charge is 0.316 e. The summed E-state index contributed by atoms with van der Waals surface area (Å²) in [6, 6.07) is 5.93. The first-order valence-corrected chi connectivity index (χ1v) is 10.2. The maximum absolute atomic E-state index is 11.8. The van der Waals surface area contributed by atoms with E-state index in [-0.39, 0.29) is 22.8 Å². The van der Waals surface area contributed by atoms with E-state index in [1.807, 2.05) is 12.1 Å². The van der Waals surface area contributed by atoms with Crippen LogP contribution in [0.4, 0.5) is 0 Å². The Hall–Kier alpha value is -1.03. The molecule has 24 heavy (non-hydrogen) atoms. The Morgan fingerprint density at radius 1 is 1.33 bits per heavy atom. The Balaban J connectivity index is 1.60. The van der Waals surface area contributed by atoms with Crippen molar-refractivity contribution in [2.75, 3.05) is 5.33 Å². The molecule has 0 heterocycles. The quantitative estimate of drug-likeness (QED) is 0.592. The van der Waals surface area contributed by atoms with Crippen molar-refractivity contribution in [2.45, 2.75) is 57.5 Å². The standard InChI is InChI=1S/C20H25BrO3/c1-20-9-8-15-14-5-3-13(22)10-12(14)2-4-16(15)17(20)6-7-18(20)24-19(23)11-21/h3,5,10,15-18,22H,2,4,6-9,11H2,1H3/t15-,16-,17+,18?,20+/m1/s1. The van der Waals surface area contributed by atoms with Gasteiger partial charge in [-0.05, 0) is 79.5 Å². The zero-order chi connectivity index (χ0) is 16.9. The third-order valence-electron chi connectivity index (χ3n) is 7.01. The summed E-state index contributed by atoms with van der Waals surface area (Å²) in [4.78, 5) is 11.8. The molecule has 5 atom stereocenters. The van der Waals surface area contributed by atoms with Crippen LogP contribution in [0.1, 0.15) is 56.1 Å². The molecular weight excluding hydrogens is 368 g/mol. The molecule has 1 N–H and O–H groups in total. The van der Waals surface area contributed by atoms with Crippen molar-refractivity contribution in [3.05, 3.63) is 29.3 Å². The topological polar surface area (TPSA) is 46.5 Å². The van der Waals surface area contributed by atoms with E-state index in [4.69, 9.17) is 4.74 Å². The molecule has 0 saturated heterocycles. The van der Waals surface area contributed by atoms with Crippen molar-refractivity contribution in [2.24, 2.45) is 17.3 Å². The fourth-order valence-electron chi connectivity index (χ4n) is 5.90. The first kappa shape index (κ1) is 16.4. The van der Waals surface area contributed by atoms with Crippen LogP contribution in [0.2, 0.25) is 0 Å². The average Bonchev–Trinajstić information content (AvgIpc) is 2.90. The fraction of sp³-hybridized carbons (Fsp3) is 0.650. The summed E-state index contributed by atoms with van der Waals surface area (Å²) in [5.41, 5.74) is 2.92. The Morgan fingerprint density at radius 2 is 2.17 bits per heavy atom. The third kappa shape index (κ3) is 2.49. The number of phenolic OH excluding ortho intramolecular Hbond substituents is 1. The van der Waals surface area contributed by atoms with Gasteiger partial charge in [0.1, 0.15) is 17.2 Å². The number of fused-ring (bicyclic) bond motifs is 5. The molecule has 0 aliphatic heterocycles. The molecule has 4 rings (SSSR count). The van der Waals surface area contributed by atoms with E-state index >= 15 is 0 Å². The molecule has 3 aliphatic rings. The van der Waals surface area contributed by atoms with Gasteiger partial charge in [0, 0.05) is 5.41 Å². The van der Waals surface area contributed by atoms with Gasteiger partial charge in [-0.1, -0.05) is 28.9 Å². The second-order valence-electron chi connectivity index (χ2n) is 8.03. The molecule has 2 fully saturated rings. The Labute approximate surface area is 151 Å². The largest absolute Gasteiger partial charge is 0.508 e. The zero-order valence-electron chi connectivity index (χ0n) is 14.1. The van der Waals surface area contributed by atoms with Gasteiger partial charge in [-0.2, -0.15) is 0 Å². The molecule has 1 aromatic carbocycles. The van der Waals surface area contributed by atoms with Gasteiger partial charge >= 0.3 is 5.97 Å². The van der Waals surface area contributed by atoms with Gasteiger partial charge in [-0.15, -0.1) is 0 Å². The number of benzene rings is 1. The van der Waals surface area contributed by atoms with Gasteiger partial charge in [-0.3, -0.25) is 4.79 Å². The van der Waals surface area contributed by atoms with Crippen molar-refractivity contribution >= 4 is 21.9 Å². The van der Waals surface area contributed by atoms with E-state index < -0.39 is 0 Å². The number of ether oxygens (including phenoxy) is 1. The maximum atomic E-state index is 11.8. The van der Waals surface area contributed by atoms with Crippen LogP contribution in [0.5, 0.6) is 5.75 Å². The fourth-order valence-corrected chi connectivity index (χ4v) is 6.04. The molecule has 4 heteroatoms. The first-order chi connectivity index (χ1) is 11.5. The predicted molar refractivity (Wildman–Crippen MR) is 96.4 cm³/mol. The summed E-state index contributed by atoms with van der Waals surface area (Å²) < 4.78 is 5.78. The van der Waals surface area contributed by atoms with Gasteiger partial charge < -0.3 is 9.84 Å². The van der Waals surface area contributed by atoms with Crippen molar-refractivity contribution in [1.29, 1.82) is 0 Å². The lowest BCUT2D eigenvalue weighted by Crippen LogP contribution is -2.45. The number of alkyl halides is 1. The minimum Gasteiger partial charge on any atom is -0.508 e. The number of phenols is 1. The van der Waals surface area contributed by atoms with Gasteiger partial charge in [-0.25, -0.2) is 0 Å². The Kier molecular flexibility index (Phi) is 4.14. The maximum Gasteiger partial charge on any atom is 0.316 e. The molecule has 0 spiro atoms. The SMILES string of the molecule is C[C@]12CC[C@@H]3c4ccc(O)cc4CC[C@H]3[C@@H]1CCC2OC(=O)CBr. The minimum atomic E-state index is -0.131. The van der Waals surface area contributed by atoms with Crippen LogP contribution in [0, 0.1) is 17.3 Å². The van der Waals surface area contributed by atoms with E-state index in [0.717, 1.165) is 25.7 Å². The normalized spacial score (nSPS) is 37.2. The van der Waals surface area contributed by atoms with Crippen LogP contribution in [0.15, 0.2) is 18.2 Å². The van der Waals surface area contributed by atoms with Crippen molar-refractivity contribution in [3.63, 3.8) is 0 Å². The summed E-state index contributed by atoms with van der Waals surface area (Å²) in [6.07, 6.45) is 6.80. The highest BCUT2D eigenvalue weighted by molar-refractivity contribution is 9.09. The predicted octanol–water partition coefficient (Wildman–Crippen LogP) is 4.56. The summed E-state index contributed by atoms with van der Waals surface area (Å²) in [5, 5.41) is 10.1. The van der Waals surface area contributed by atoms with Crippen molar-refractivity contribution < 1.29 is 14.6 Å². The molecule has 130 valence electrons. The number of halogens is 1. The van der Waals surface area contributed by atoms with Crippen LogP contribution in [0.3, 0.4) is 0 Å². The van der Waals surface area contributed by atoms with Gasteiger partial charge in [0.15, 0.2) is 0 Å². The zero-order valence-corrected chi connectivity index (χ0v) is 15.7. The summed E-state index contributed by atoms with van der Waals surface area (Å²) in [7, 11) is 0. The van der Waals surface area contributed by atoms with Crippen molar-refractivity contribution in [3.8, 4) is 5.75 Å². The highest BCUT2D eigenvalue weighted by Crippen LogP contribution is 2.61. The minimum absolute atomic E-state index is 0.0784. The molecule has 1 unspecified atom stereocenters. The van der Waals surface area contributed by atoms with E-state index in [1.165, 1.54) is 24.0 Å². The number of rotatable bonds is 2. The summed E-state index contributed by atoms with van der Waals surface area (Å²) in [6.45, 7) is 2.35. The van der Waals surface area contributed by atoms with E-state index in [1.54, 1.807) is 0 Å². The number of hydrogen-bond acceptors (Lipinski definition) is 3. The van der Waals surface area contributed by atoms with E-state index in [2.05, 4.69) is 28.9 Å². The van der Waals surface area contributed by atoms with E-state index in [0.29, 0.717) is 23.5 Å². The number of hydrogen-bond donors (Lipinski definition) is 1. The van der Waals surface area contributed by atoms with Crippen LogP contribution in [-0.4, -0.2) is 22.5 Å². The highest BCUT2D eigenvalue weighted by atomic mass is 79.9. The number of aromatic hydroxyl groups is 1. The molecule has 0 amide bonds. The number of carbonyl (C=O) groups excluding carboxylic acids is 1. The van der Waals surface area contributed by atoms with Crippen LogP contribution in [0.25, 0.3) is 0 Å². The lowest BCUT2D eigenvalue weighted by atomic mass is 9.55. The van der Waals surface area contributed by atoms with Crippen molar-refractivity contribution in [1.82, 2.24) is 0 Å². The van der Waals surface area contributed by atoms with E-state index in [9.17, 15) is 9.90 Å². The second kappa shape index (κ2) is 6.05.